The molecule has 0 saturated heterocycles. The lowest BCUT2D eigenvalue weighted by Crippen LogP contribution is -2.15. The zero-order valence-electron chi connectivity index (χ0n) is 14.6. The number of nitrogens with zero attached hydrogens (tertiary/aromatic N) is 3. The zero-order chi connectivity index (χ0) is 18.2. The van der Waals surface area contributed by atoms with Crippen LogP contribution in [0.2, 0.25) is 5.02 Å². The van der Waals surface area contributed by atoms with Gasteiger partial charge in [0, 0.05) is 23.1 Å². The predicted molar refractivity (Wildman–Crippen MR) is 107 cm³/mol. The summed E-state index contributed by atoms with van der Waals surface area (Å²) in [7, 11) is 0. The number of hydrogen-bond acceptors (Lipinski definition) is 6. The van der Waals surface area contributed by atoms with Crippen LogP contribution < -0.4 is 9.47 Å². The summed E-state index contributed by atoms with van der Waals surface area (Å²) in [4.78, 5) is 1.32. The quantitative estimate of drug-likeness (QED) is 0.527. The van der Waals surface area contributed by atoms with Gasteiger partial charge in [0.25, 0.3) is 0 Å². The Morgan fingerprint density at radius 2 is 2.11 bits per heavy atom. The van der Waals surface area contributed by atoms with Crippen molar-refractivity contribution in [3.63, 3.8) is 0 Å². The number of rotatable bonds is 6. The number of thiophene rings is 1. The third kappa shape index (κ3) is 3.68. The van der Waals surface area contributed by atoms with Crippen LogP contribution in [0.5, 0.6) is 11.5 Å². The Balaban J connectivity index is 1.35. The molecule has 0 unspecified atom stereocenters. The molecule has 1 aliphatic carbocycles. The van der Waals surface area contributed by atoms with Crippen LogP contribution in [0.25, 0.3) is 0 Å². The molecular weight excluding hydrogens is 402 g/mol. The molecule has 5 nitrogen and oxygen atoms in total. The minimum Gasteiger partial charge on any atom is -0.486 e. The number of thioether (sulfide) groups is 1. The summed E-state index contributed by atoms with van der Waals surface area (Å²) in [5.41, 5.74) is 1.10. The van der Waals surface area contributed by atoms with Crippen LogP contribution >= 0.6 is 34.7 Å². The van der Waals surface area contributed by atoms with Crippen LogP contribution in [0.3, 0.4) is 0 Å². The van der Waals surface area contributed by atoms with Gasteiger partial charge in [0.15, 0.2) is 16.7 Å². The molecule has 5 rings (SSSR count). The SMILES string of the molecule is Clc1cc(CSc2nnc(Cc3cccs3)n2C2CC2)cc2c1OCCO2. The molecule has 3 aromatic rings. The third-order valence-corrected chi connectivity index (χ3v) is 6.76. The lowest BCUT2D eigenvalue weighted by atomic mass is 10.2. The van der Waals surface area contributed by atoms with E-state index in [1.54, 1.807) is 23.1 Å². The topological polar surface area (TPSA) is 49.2 Å². The van der Waals surface area contributed by atoms with E-state index in [-0.39, 0.29) is 0 Å². The molecule has 1 fully saturated rings. The highest BCUT2D eigenvalue weighted by atomic mass is 35.5. The van der Waals surface area contributed by atoms with E-state index >= 15 is 0 Å². The largest absolute Gasteiger partial charge is 0.486 e. The molecule has 3 heterocycles. The molecule has 1 aromatic carbocycles. The fourth-order valence-electron chi connectivity index (χ4n) is 3.19. The molecule has 8 heteroatoms. The molecule has 2 aromatic heterocycles. The number of fused-ring (bicyclic) bond motifs is 1. The third-order valence-electron chi connectivity index (χ3n) is 4.58. The summed E-state index contributed by atoms with van der Waals surface area (Å²) in [5, 5.41) is 12.6. The summed E-state index contributed by atoms with van der Waals surface area (Å²) in [6.07, 6.45) is 3.26. The second kappa shape index (κ2) is 7.37. The minimum absolute atomic E-state index is 0.540. The highest BCUT2D eigenvalue weighted by Gasteiger charge is 2.29. The Labute approximate surface area is 170 Å². The van der Waals surface area contributed by atoms with Gasteiger partial charge in [0.1, 0.15) is 19.0 Å². The van der Waals surface area contributed by atoms with Crippen LogP contribution in [-0.4, -0.2) is 28.0 Å². The Bertz CT molecular complexity index is 954. The van der Waals surface area contributed by atoms with Crippen molar-refractivity contribution in [2.24, 2.45) is 0 Å². The molecule has 1 saturated carbocycles. The summed E-state index contributed by atoms with van der Waals surface area (Å²) in [6, 6.07) is 8.74. The fraction of sp³-hybridized carbons (Fsp3) is 0.368. The first-order chi connectivity index (χ1) is 13.3. The molecule has 27 heavy (non-hydrogen) atoms. The van der Waals surface area contributed by atoms with Crippen molar-refractivity contribution in [3.8, 4) is 11.5 Å². The maximum atomic E-state index is 6.36. The van der Waals surface area contributed by atoms with Crippen LogP contribution in [0.1, 0.15) is 35.1 Å². The van der Waals surface area contributed by atoms with Gasteiger partial charge >= 0.3 is 0 Å². The Morgan fingerprint density at radius 3 is 2.93 bits per heavy atom. The van der Waals surface area contributed by atoms with Gasteiger partial charge < -0.3 is 14.0 Å². The number of ether oxygens (including phenoxy) is 2. The van der Waals surface area contributed by atoms with Crippen molar-refractivity contribution >= 4 is 34.7 Å². The Hall–Kier alpha value is -1.70. The number of hydrogen-bond donors (Lipinski definition) is 0. The van der Waals surface area contributed by atoms with Gasteiger partial charge in [-0.25, -0.2) is 0 Å². The molecule has 0 radical (unpaired) electrons. The number of benzene rings is 1. The number of halogens is 1. The molecule has 140 valence electrons. The molecule has 0 N–H and O–H groups in total. The standard InChI is InChI=1S/C19H18ClN3O2S2/c20-15-8-12(9-16-18(15)25-6-5-24-16)11-27-19-22-21-17(23(19)13-3-4-13)10-14-2-1-7-26-14/h1-2,7-9,13H,3-6,10-11H2. The lowest BCUT2D eigenvalue weighted by Gasteiger charge is -2.20. The average Bonchev–Trinajstić information content (AvgIpc) is 3.23. The summed E-state index contributed by atoms with van der Waals surface area (Å²) < 4.78 is 13.6. The average molecular weight is 420 g/mol. The van der Waals surface area contributed by atoms with Crippen molar-refractivity contribution in [3.05, 3.63) is 50.9 Å². The van der Waals surface area contributed by atoms with E-state index in [4.69, 9.17) is 21.1 Å². The molecule has 0 bridgehead atoms. The van der Waals surface area contributed by atoms with Crippen molar-refractivity contribution in [1.29, 1.82) is 0 Å². The lowest BCUT2D eigenvalue weighted by molar-refractivity contribution is 0.171. The smallest absolute Gasteiger partial charge is 0.191 e. The summed E-state index contributed by atoms with van der Waals surface area (Å²) >= 11 is 9.82. The second-order valence-electron chi connectivity index (χ2n) is 6.65. The Morgan fingerprint density at radius 1 is 1.22 bits per heavy atom. The van der Waals surface area contributed by atoms with Gasteiger partial charge in [0.05, 0.1) is 5.02 Å². The van der Waals surface area contributed by atoms with Crippen molar-refractivity contribution in [2.75, 3.05) is 13.2 Å². The van der Waals surface area contributed by atoms with E-state index in [1.165, 1.54) is 17.7 Å². The molecule has 2 aliphatic rings. The van der Waals surface area contributed by atoms with Gasteiger partial charge in [-0.2, -0.15) is 0 Å². The van der Waals surface area contributed by atoms with Gasteiger partial charge in [0.2, 0.25) is 0 Å². The van der Waals surface area contributed by atoms with Crippen LogP contribution in [0.4, 0.5) is 0 Å². The molecule has 0 amide bonds. The van der Waals surface area contributed by atoms with Crippen LogP contribution in [0.15, 0.2) is 34.8 Å². The molecule has 1 aliphatic heterocycles. The van der Waals surface area contributed by atoms with Gasteiger partial charge in [-0.1, -0.05) is 29.4 Å². The molecule has 0 spiro atoms. The highest BCUT2D eigenvalue weighted by molar-refractivity contribution is 7.98. The highest BCUT2D eigenvalue weighted by Crippen LogP contribution is 2.42. The van der Waals surface area contributed by atoms with E-state index in [1.807, 2.05) is 12.1 Å². The first-order valence-electron chi connectivity index (χ1n) is 8.95. The maximum Gasteiger partial charge on any atom is 0.191 e. The normalized spacial score (nSPS) is 15.9. The summed E-state index contributed by atoms with van der Waals surface area (Å²) in [5.74, 6) is 3.20. The predicted octanol–water partition coefficient (Wildman–Crippen LogP) is 4.98. The maximum absolute atomic E-state index is 6.36. The van der Waals surface area contributed by atoms with Gasteiger partial charge in [-0.05, 0) is 42.0 Å². The van der Waals surface area contributed by atoms with Gasteiger partial charge in [-0.3, -0.25) is 0 Å². The minimum atomic E-state index is 0.540. The van der Waals surface area contributed by atoms with E-state index < -0.39 is 0 Å². The van der Waals surface area contributed by atoms with Crippen molar-refractivity contribution in [2.45, 2.75) is 36.2 Å². The zero-order valence-corrected chi connectivity index (χ0v) is 16.9. The second-order valence-corrected chi connectivity index (χ2v) is 9.03. The first kappa shape index (κ1) is 17.4. The van der Waals surface area contributed by atoms with E-state index in [2.05, 4.69) is 32.3 Å². The monoisotopic (exact) mass is 419 g/mol. The molecule has 0 atom stereocenters. The fourth-order valence-corrected chi connectivity index (χ4v) is 5.13. The van der Waals surface area contributed by atoms with E-state index in [9.17, 15) is 0 Å². The molecular formula is C19H18ClN3O2S2. The van der Waals surface area contributed by atoms with Crippen molar-refractivity contribution in [1.82, 2.24) is 14.8 Å². The first-order valence-corrected chi connectivity index (χ1v) is 11.2. The van der Waals surface area contributed by atoms with Crippen molar-refractivity contribution < 1.29 is 9.47 Å². The summed E-state index contributed by atoms with van der Waals surface area (Å²) in [6.45, 7) is 1.10. The number of aromatic nitrogens is 3. The van der Waals surface area contributed by atoms with Gasteiger partial charge in [-0.15, -0.1) is 21.5 Å². The van der Waals surface area contributed by atoms with E-state index in [0.717, 1.165) is 34.5 Å². The van der Waals surface area contributed by atoms with Crippen LogP contribution in [0, 0.1) is 0 Å². The van der Waals surface area contributed by atoms with Crippen LogP contribution in [-0.2, 0) is 12.2 Å². The Kier molecular flexibility index (Phi) is 4.75. The van der Waals surface area contributed by atoms with E-state index in [0.29, 0.717) is 30.0 Å².